The largest absolute Gasteiger partial charge is 0.309 e. The number of hydrogen-bond acceptors (Lipinski definition) is 1. The van der Waals surface area contributed by atoms with Gasteiger partial charge in [-0.1, -0.05) is 48.5 Å². The fourth-order valence-corrected chi connectivity index (χ4v) is 3.36. The van der Waals surface area contributed by atoms with Gasteiger partial charge in [-0.05, 0) is 42.8 Å². The van der Waals surface area contributed by atoms with E-state index >= 15 is 0 Å². The summed E-state index contributed by atoms with van der Waals surface area (Å²) in [6.07, 6.45) is 0. The van der Waals surface area contributed by atoms with Crippen molar-refractivity contribution in [2.24, 2.45) is 0 Å². The highest BCUT2D eigenvalue weighted by Gasteiger charge is 2.18. The highest BCUT2D eigenvalue weighted by atomic mass is 19.2. The molecule has 0 unspecified atom stereocenters. The van der Waals surface area contributed by atoms with Gasteiger partial charge in [0, 0.05) is 22.9 Å². The van der Waals surface area contributed by atoms with E-state index in [4.69, 9.17) is 0 Å². The van der Waals surface area contributed by atoms with Gasteiger partial charge in [-0.15, -0.1) is 0 Å². The van der Waals surface area contributed by atoms with Gasteiger partial charge in [0.25, 0.3) is 0 Å². The van der Waals surface area contributed by atoms with Crippen molar-refractivity contribution in [1.29, 1.82) is 0 Å². The number of pyridine rings is 1. The minimum absolute atomic E-state index is 0.161. The molecule has 4 heteroatoms. The Kier molecular flexibility index (Phi) is 4.62. The van der Waals surface area contributed by atoms with Crippen molar-refractivity contribution in [2.75, 3.05) is 0 Å². The molecule has 0 atom stereocenters. The minimum atomic E-state index is -0.952. The van der Waals surface area contributed by atoms with E-state index in [1.54, 1.807) is 6.92 Å². The molecular formula is C24H17F2NO. The maximum absolute atomic E-state index is 13.9. The number of hydrogen-bond donors (Lipinski definition) is 0. The lowest BCUT2D eigenvalue weighted by molar-refractivity contribution is 0.509. The summed E-state index contributed by atoms with van der Waals surface area (Å²) in [5, 5.41) is 0. The number of para-hydroxylation sites is 1. The summed E-state index contributed by atoms with van der Waals surface area (Å²) in [4.78, 5) is 12.8. The Morgan fingerprint density at radius 3 is 2.00 bits per heavy atom. The quantitative estimate of drug-likeness (QED) is 0.448. The number of rotatable bonds is 3. The zero-order valence-electron chi connectivity index (χ0n) is 15.2. The highest BCUT2D eigenvalue weighted by molar-refractivity contribution is 5.73. The first kappa shape index (κ1) is 17.9. The van der Waals surface area contributed by atoms with E-state index < -0.39 is 11.6 Å². The molecule has 4 rings (SSSR count). The van der Waals surface area contributed by atoms with Crippen LogP contribution in [-0.4, -0.2) is 4.57 Å². The number of benzene rings is 3. The summed E-state index contributed by atoms with van der Waals surface area (Å²) < 4.78 is 29.3. The zero-order valence-corrected chi connectivity index (χ0v) is 15.2. The van der Waals surface area contributed by atoms with Crippen LogP contribution in [0.25, 0.3) is 28.2 Å². The summed E-state index contributed by atoms with van der Waals surface area (Å²) in [6, 6.07) is 24.2. The van der Waals surface area contributed by atoms with E-state index in [2.05, 4.69) is 0 Å². The van der Waals surface area contributed by atoms with E-state index in [1.807, 2.05) is 65.2 Å². The van der Waals surface area contributed by atoms with Crippen LogP contribution in [0.4, 0.5) is 8.78 Å². The molecule has 0 aliphatic heterocycles. The van der Waals surface area contributed by atoms with Crippen LogP contribution in [0.5, 0.6) is 0 Å². The molecule has 1 aromatic heterocycles. The lowest BCUT2D eigenvalue weighted by Crippen LogP contribution is -2.15. The van der Waals surface area contributed by atoms with E-state index in [0.29, 0.717) is 16.8 Å². The average molecular weight is 373 g/mol. The summed E-state index contributed by atoms with van der Waals surface area (Å²) in [7, 11) is 0. The van der Waals surface area contributed by atoms with Gasteiger partial charge in [-0.25, -0.2) is 8.78 Å². The molecule has 0 aliphatic carbocycles. The molecule has 0 fully saturated rings. The smallest absolute Gasteiger partial charge is 0.185 e. The third kappa shape index (κ3) is 3.14. The Balaban J connectivity index is 2.13. The van der Waals surface area contributed by atoms with Gasteiger partial charge >= 0.3 is 0 Å². The molecule has 0 amide bonds. The molecule has 2 nitrogen and oxygen atoms in total. The van der Waals surface area contributed by atoms with Crippen LogP contribution >= 0.6 is 0 Å². The van der Waals surface area contributed by atoms with Crippen molar-refractivity contribution in [3.63, 3.8) is 0 Å². The van der Waals surface area contributed by atoms with Crippen LogP contribution in [0.15, 0.2) is 89.7 Å². The Hall–Kier alpha value is -3.53. The Labute approximate surface area is 161 Å². The van der Waals surface area contributed by atoms with Gasteiger partial charge in [0.2, 0.25) is 0 Å². The van der Waals surface area contributed by atoms with Crippen LogP contribution in [-0.2, 0) is 0 Å². The standard InChI is InChI=1S/C24H17F2NO/c1-16-23(28)15-22(18-12-13-20(25)21(26)14-18)27(19-10-6-3-7-11-19)24(16)17-8-4-2-5-9-17/h2-15H,1H3. The maximum Gasteiger partial charge on any atom is 0.185 e. The van der Waals surface area contributed by atoms with Gasteiger partial charge in [0.05, 0.1) is 11.4 Å². The van der Waals surface area contributed by atoms with Crippen molar-refractivity contribution in [3.05, 3.63) is 112 Å². The second-order valence-electron chi connectivity index (χ2n) is 6.53. The number of aromatic nitrogens is 1. The van der Waals surface area contributed by atoms with Crippen LogP contribution in [0.1, 0.15) is 5.56 Å². The predicted octanol–water partition coefficient (Wildman–Crippen LogP) is 5.76. The summed E-state index contributed by atoms with van der Waals surface area (Å²) in [5.41, 5.74) is 3.76. The molecule has 28 heavy (non-hydrogen) atoms. The van der Waals surface area contributed by atoms with Crippen LogP contribution in [0.3, 0.4) is 0 Å². The van der Waals surface area contributed by atoms with Crippen molar-refractivity contribution in [2.45, 2.75) is 6.92 Å². The molecule has 3 aromatic carbocycles. The number of halogens is 2. The first-order chi connectivity index (χ1) is 13.6. The molecule has 0 bridgehead atoms. The summed E-state index contributed by atoms with van der Waals surface area (Å²) in [6.45, 7) is 1.78. The fraction of sp³-hybridized carbons (Fsp3) is 0.0417. The molecule has 0 saturated heterocycles. The lowest BCUT2D eigenvalue weighted by Gasteiger charge is -2.21. The Morgan fingerprint density at radius 2 is 1.36 bits per heavy atom. The summed E-state index contributed by atoms with van der Waals surface area (Å²) >= 11 is 0. The van der Waals surface area contributed by atoms with Crippen LogP contribution in [0, 0.1) is 18.6 Å². The second-order valence-corrected chi connectivity index (χ2v) is 6.53. The first-order valence-electron chi connectivity index (χ1n) is 8.89. The van der Waals surface area contributed by atoms with E-state index in [-0.39, 0.29) is 5.43 Å². The average Bonchev–Trinajstić information content (AvgIpc) is 2.73. The minimum Gasteiger partial charge on any atom is -0.309 e. The predicted molar refractivity (Wildman–Crippen MR) is 108 cm³/mol. The Bertz CT molecular complexity index is 1200. The van der Waals surface area contributed by atoms with Gasteiger partial charge < -0.3 is 4.57 Å². The van der Waals surface area contributed by atoms with Gasteiger partial charge in [0.1, 0.15) is 0 Å². The topological polar surface area (TPSA) is 22.0 Å². The van der Waals surface area contributed by atoms with Crippen molar-refractivity contribution in [3.8, 4) is 28.2 Å². The molecule has 0 radical (unpaired) electrons. The Morgan fingerprint density at radius 1 is 0.714 bits per heavy atom. The monoisotopic (exact) mass is 373 g/mol. The molecule has 0 spiro atoms. The molecule has 0 aliphatic rings. The van der Waals surface area contributed by atoms with Crippen LogP contribution in [0.2, 0.25) is 0 Å². The van der Waals surface area contributed by atoms with Gasteiger partial charge in [-0.2, -0.15) is 0 Å². The van der Waals surface area contributed by atoms with E-state index in [9.17, 15) is 13.6 Å². The lowest BCUT2D eigenvalue weighted by atomic mass is 10.0. The molecule has 138 valence electrons. The molecule has 1 heterocycles. The molecule has 0 saturated carbocycles. The van der Waals surface area contributed by atoms with Gasteiger partial charge in [-0.3, -0.25) is 4.79 Å². The third-order valence-corrected chi connectivity index (χ3v) is 4.73. The van der Waals surface area contributed by atoms with Gasteiger partial charge in [0.15, 0.2) is 17.1 Å². The highest BCUT2D eigenvalue weighted by Crippen LogP contribution is 2.31. The van der Waals surface area contributed by atoms with Crippen molar-refractivity contribution < 1.29 is 8.78 Å². The molecule has 0 N–H and O–H groups in total. The summed E-state index contributed by atoms with van der Waals surface area (Å²) in [5.74, 6) is -1.88. The second kappa shape index (κ2) is 7.24. The first-order valence-corrected chi connectivity index (χ1v) is 8.89. The maximum atomic E-state index is 13.9. The normalized spacial score (nSPS) is 10.8. The fourth-order valence-electron chi connectivity index (χ4n) is 3.36. The third-order valence-electron chi connectivity index (χ3n) is 4.73. The zero-order chi connectivity index (χ0) is 19.7. The van der Waals surface area contributed by atoms with E-state index in [0.717, 1.165) is 29.1 Å². The van der Waals surface area contributed by atoms with Crippen molar-refractivity contribution in [1.82, 2.24) is 4.57 Å². The van der Waals surface area contributed by atoms with E-state index in [1.165, 1.54) is 12.1 Å². The molecular weight excluding hydrogens is 356 g/mol. The van der Waals surface area contributed by atoms with Crippen molar-refractivity contribution >= 4 is 0 Å². The van der Waals surface area contributed by atoms with Crippen LogP contribution < -0.4 is 5.43 Å². The molecule has 4 aromatic rings. The SMILES string of the molecule is Cc1c(-c2ccccc2)n(-c2ccccc2)c(-c2ccc(F)c(F)c2)cc1=O. The number of nitrogens with zero attached hydrogens (tertiary/aromatic N) is 1.